The fraction of sp³-hybridized carbons (Fsp3) is 0.250. The third-order valence-corrected chi connectivity index (χ3v) is 3.93. The summed E-state index contributed by atoms with van der Waals surface area (Å²) in [6, 6.07) is 18.3. The predicted octanol–water partition coefficient (Wildman–Crippen LogP) is 3.69. The Balaban J connectivity index is 1.50. The van der Waals surface area contributed by atoms with Gasteiger partial charge in [-0.15, -0.1) is 0 Å². The molecule has 0 amide bonds. The Morgan fingerprint density at radius 1 is 1.04 bits per heavy atom. The lowest BCUT2D eigenvalue weighted by molar-refractivity contribution is 0.232. The first-order valence-corrected chi connectivity index (χ1v) is 8.18. The number of likely N-dealkylation sites (N-methyl/N-ethyl adjacent to an activating group) is 1. The van der Waals surface area contributed by atoms with Crippen LogP contribution in [0.2, 0.25) is 0 Å². The molecule has 0 N–H and O–H groups in total. The van der Waals surface area contributed by atoms with Crippen molar-refractivity contribution >= 4 is 0 Å². The van der Waals surface area contributed by atoms with Crippen LogP contribution >= 0.6 is 0 Å². The van der Waals surface area contributed by atoms with Crippen LogP contribution in [0, 0.1) is 6.92 Å². The molecule has 4 nitrogen and oxygen atoms in total. The Morgan fingerprint density at radius 2 is 1.79 bits per heavy atom. The molecule has 0 bridgehead atoms. The van der Waals surface area contributed by atoms with Gasteiger partial charge in [-0.05, 0) is 37.7 Å². The Kier molecular flexibility index (Phi) is 5.29. The van der Waals surface area contributed by atoms with Gasteiger partial charge < -0.3 is 4.74 Å². The van der Waals surface area contributed by atoms with Gasteiger partial charge in [0.2, 0.25) is 0 Å². The number of hydrogen-bond donors (Lipinski definition) is 0. The second-order valence-electron chi connectivity index (χ2n) is 5.98. The van der Waals surface area contributed by atoms with Crippen LogP contribution in [-0.2, 0) is 6.54 Å². The van der Waals surface area contributed by atoms with Crippen molar-refractivity contribution in [2.45, 2.75) is 13.5 Å². The van der Waals surface area contributed by atoms with Gasteiger partial charge in [-0.1, -0.05) is 36.4 Å². The molecule has 0 aliphatic rings. The molecular formula is C20H23N3O. The minimum absolute atomic E-state index is 0.675. The van der Waals surface area contributed by atoms with E-state index in [9.17, 15) is 0 Å². The normalized spacial score (nSPS) is 11.0. The van der Waals surface area contributed by atoms with E-state index in [0.29, 0.717) is 6.61 Å². The quantitative estimate of drug-likeness (QED) is 0.665. The van der Waals surface area contributed by atoms with Crippen molar-refractivity contribution in [2.75, 3.05) is 20.2 Å². The van der Waals surface area contributed by atoms with Crippen LogP contribution in [0.15, 0.2) is 67.0 Å². The monoisotopic (exact) mass is 321 g/mol. The summed E-state index contributed by atoms with van der Waals surface area (Å²) in [5, 5.41) is 4.44. The molecule has 0 spiro atoms. The van der Waals surface area contributed by atoms with Crippen molar-refractivity contribution < 1.29 is 4.74 Å². The van der Waals surface area contributed by atoms with Gasteiger partial charge in [0.05, 0.1) is 11.9 Å². The topological polar surface area (TPSA) is 30.3 Å². The van der Waals surface area contributed by atoms with Gasteiger partial charge in [0.25, 0.3) is 0 Å². The molecule has 4 heteroatoms. The van der Waals surface area contributed by atoms with Gasteiger partial charge >= 0.3 is 0 Å². The summed E-state index contributed by atoms with van der Waals surface area (Å²) in [7, 11) is 2.10. The zero-order valence-corrected chi connectivity index (χ0v) is 14.2. The number of ether oxygens (including phenoxy) is 1. The maximum Gasteiger partial charge on any atom is 0.122 e. The standard InChI is InChI=1S/C20H23N3O/c1-17-8-6-7-11-20(17)24-13-12-22(2)15-18-14-21-23(16-18)19-9-4-3-5-10-19/h3-11,14,16H,12-13,15H2,1-2H3. The van der Waals surface area contributed by atoms with Crippen molar-refractivity contribution in [1.29, 1.82) is 0 Å². The van der Waals surface area contributed by atoms with Crippen LogP contribution in [0.3, 0.4) is 0 Å². The SMILES string of the molecule is Cc1ccccc1OCCN(C)Cc1cnn(-c2ccccc2)c1. The average Bonchev–Trinajstić information content (AvgIpc) is 3.06. The van der Waals surface area contributed by atoms with Crippen LogP contribution in [-0.4, -0.2) is 34.9 Å². The summed E-state index contributed by atoms with van der Waals surface area (Å²) >= 11 is 0. The lowest BCUT2D eigenvalue weighted by atomic mass is 10.2. The number of benzene rings is 2. The van der Waals surface area contributed by atoms with E-state index in [4.69, 9.17) is 4.74 Å². The molecule has 0 atom stereocenters. The molecule has 0 fully saturated rings. The van der Waals surface area contributed by atoms with Crippen molar-refractivity contribution in [3.8, 4) is 11.4 Å². The fourth-order valence-electron chi connectivity index (χ4n) is 2.58. The van der Waals surface area contributed by atoms with E-state index >= 15 is 0 Å². The smallest absolute Gasteiger partial charge is 0.122 e. The second-order valence-corrected chi connectivity index (χ2v) is 5.98. The number of rotatable bonds is 7. The summed E-state index contributed by atoms with van der Waals surface area (Å²) in [6.07, 6.45) is 4.00. The summed E-state index contributed by atoms with van der Waals surface area (Å²) in [6.45, 7) is 4.46. The predicted molar refractivity (Wildman–Crippen MR) is 96.6 cm³/mol. The highest BCUT2D eigenvalue weighted by Gasteiger charge is 2.05. The third kappa shape index (κ3) is 4.24. The van der Waals surface area contributed by atoms with E-state index < -0.39 is 0 Å². The number of hydrogen-bond acceptors (Lipinski definition) is 3. The van der Waals surface area contributed by atoms with Crippen molar-refractivity contribution in [3.05, 3.63) is 78.1 Å². The van der Waals surface area contributed by atoms with Gasteiger partial charge in [0, 0.05) is 24.8 Å². The number of aryl methyl sites for hydroxylation is 1. The van der Waals surface area contributed by atoms with Crippen LogP contribution < -0.4 is 4.74 Å². The molecule has 124 valence electrons. The summed E-state index contributed by atoms with van der Waals surface area (Å²) in [5.74, 6) is 0.961. The Bertz CT molecular complexity index is 767. The molecule has 1 heterocycles. The largest absolute Gasteiger partial charge is 0.492 e. The second kappa shape index (κ2) is 7.79. The van der Waals surface area contributed by atoms with Crippen LogP contribution in [0.4, 0.5) is 0 Å². The minimum atomic E-state index is 0.675. The fourth-order valence-corrected chi connectivity index (χ4v) is 2.58. The van der Waals surface area contributed by atoms with E-state index in [2.05, 4.69) is 48.4 Å². The average molecular weight is 321 g/mol. The van der Waals surface area contributed by atoms with Gasteiger partial charge in [-0.25, -0.2) is 4.68 Å². The van der Waals surface area contributed by atoms with Crippen LogP contribution in [0.5, 0.6) is 5.75 Å². The molecule has 2 aromatic carbocycles. The lowest BCUT2D eigenvalue weighted by Gasteiger charge is -2.16. The Labute approximate surface area is 143 Å². The zero-order chi connectivity index (χ0) is 16.8. The number of para-hydroxylation sites is 2. The van der Waals surface area contributed by atoms with Crippen LogP contribution in [0.25, 0.3) is 5.69 Å². The van der Waals surface area contributed by atoms with Crippen LogP contribution in [0.1, 0.15) is 11.1 Å². The first-order chi connectivity index (χ1) is 11.7. The molecule has 3 aromatic rings. The van der Waals surface area contributed by atoms with E-state index in [1.165, 1.54) is 11.1 Å². The van der Waals surface area contributed by atoms with Gasteiger partial charge in [0.15, 0.2) is 0 Å². The molecule has 0 aliphatic heterocycles. The van der Waals surface area contributed by atoms with Crippen molar-refractivity contribution in [2.24, 2.45) is 0 Å². The highest BCUT2D eigenvalue weighted by atomic mass is 16.5. The molecule has 1 aromatic heterocycles. The molecule has 0 saturated carbocycles. The number of nitrogens with zero attached hydrogens (tertiary/aromatic N) is 3. The number of aromatic nitrogens is 2. The molecule has 0 radical (unpaired) electrons. The molecule has 0 aliphatic carbocycles. The first kappa shape index (κ1) is 16.3. The minimum Gasteiger partial charge on any atom is -0.492 e. The highest BCUT2D eigenvalue weighted by Crippen LogP contribution is 2.16. The van der Waals surface area contributed by atoms with E-state index in [-0.39, 0.29) is 0 Å². The van der Waals surface area contributed by atoms with Gasteiger partial charge in [-0.2, -0.15) is 5.10 Å². The van der Waals surface area contributed by atoms with E-state index in [1.54, 1.807) is 0 Å². The zero-order valence-electron chi connectivity index (χ0n) is 14.2. The summed E-state index contributed by atoms with van der Waals surface area (Å²) < 4.78 is 7.77. The molecule has 24 heavy (non-hydrogen) atoms. The van der Waals surface area contributed by atoms with Crippen molar-refractivity contribution in [3.63, 3.8) is 0 Å². The highest BCUT2D eigenvalue weighted by molar-refractivity contribution is 5.32. The molecule has 0 saturated heterocycles. The molecular weight excluding hydrogens is 298 g/mol. The van der Waals surface area contributed by atoms with Gasteiger partial charge in [-0.3, -0.25) is 4.90 Å². The maximum absolute atomic E-state index is 5.86. The molecule has 3 rings (SSSR count). The van der Waals surface area contributed by atoms with E-state index in [0.717, 1.165) is 24.5 Å². The summed E-state index contributed by atoms with van der Waals surface area (Å²) in [4.78, 5) is 2.24. The molecule has 0 unspecified atom stereocenters. The Morgan fingerprint density at radius 3 is 2.58 bits per heavy atom. The Hall–Kier alpha value is -2.59. The first-order valence-electron chi connectivity index (χ1n) is 8.18. The van der Waals surface area contributed by atoms with E-state index in [1.807, 2.05) is 47.3 Å². The van der Waals surface area contributed by atoms with Crippen molar-refractivity contribution in [1.82, 2.24) is 14.7 Å². The lowest BCUT2D eigenvalue weighted by Crippen LogP contribution is -2.23. The van der Waals surface area contributed by atoms with Gasteiger partial charge in [0.1, 0.15) is 12.4 Å². The third-order valence-electron chi connectivity index (χ3n) is 3.93. The summed E-state index contributed by atoms with van der Waals surface area (Å²) in [5.41, 5.74) is 3.44. The maximum atomic E-state index is 5.86.